The third-order valence-electron chi connectivity index (χ3n) is 5.37. The molecule has 0 aliphatic carbocycles. The van der Waals surface area contributed by atoms with E-state index in [1.54, 1.807) is 18.9 Å². The van der Waals surface area contributed by atoms with Gasteiger partial charge < -0.3 is 9.80 Å². The minimum absolute atomic E-state index is 0.640. The van der Waals surface area contributed by atoms with E-state index in [1.807, 2.05) is 18.5 Å². The highest BCUT2D eigenvalue weighted by Gasteiger charge is 2.41. The van der Waals surface area contributed by atoms with Crippen molar-refractivity contribution in [2.24, 2.45) is 11.8 Å². The third-order valence-corrected chi connectivity index (χ3v) is 5.37. The van der Waals surface area contributed by atoms with Crippen LogP contribution in [-0.2, 0) is 0 Å². The van der Waals surface area contributed by atoms with Gasteiger partial charge in [-0.3, -0.25) is 4.98 Å². The summed E-state index contributed by atoms with van der Waals surface area (Å²) in [4.78, 5) is 26.4. The molecule has 0 spiro atoms. The van der Waals surface area contributed by atoms with E-state index < -0.39 is 0 Å². The van der Waals surface area contributed by atoms with Gasteiger partial charge in [0.05, 0.1) is 11.7 Å². The summed E-state index contributed by atoms with van der Waals surface area (Å²) in [7, 11) is 0. The van der Waals surface area contributed by atoms with E-state index in [0.717, 1.165) is 54.3 Å². The molecule has 0 saturated carbocycles. The second-order valence-corrected chi connectivity index (χ2v) is 6.95. The van der Waals surface area contributed by atoms with Crippen molar-refractivity contribution in [3.05, 3.63) is 42.9 Å². The molecule has 0 aromatic carbocycles. The van der Waals surface area contributed by atoms with Gasteiger partial charge in [0.2, 0.25) is 0 Å². The second-order valence-electron chi connectivity index (χ2n) is 6.95. The molecule has 2 unspecified atom stereocenters. The Kier molecular flexibility index (Phi) is 3.26. The molecule has 2 saturated heterocycles. The number of aryl methyl sites for hydroxylation is 1. The van der Waals surface area contributed by atoms with E-state index in [2.05, 4.69) is 41.6 Å². The van der Waals surface area contributed by atoms with Crippen molar-refractivity contribution < 1.29 is 0 Å². The SMILES string of the molecule is Cc1cncnc1N1CC2CN(c3ncnc4cnccc34)CC2C1. The number of aromatic nitrogens is 5. The van der Waals surface area contributed by atoms with Crippen molar-refractivity contribution in [2.45, 2.75) is 6.92 Å². The molecule has 25 heavy (non-hydrogen) atoms. The first-order chi connectivity index (χ1) is 12.3. The Labute approximate surface area is 145 Å². The summed E-state index contributed by atoms with van der Waals surface area (Å²) in [5.41, 5.74) is 2.05. The lowest BCUT2D eigenvalue weighted by Gasteiger charge is -2.24. The molecule has 7 heteroatoms. The van der Waals surface area contributed by atoms with Crippen LogP contribution in [0.25, 0.3) is 10.9 Å². The predicted octanol–water partition coefficient (Wildman–Crippen LogP) is 1.70. The smallest absolute Gasteiger partial charge is 0.140 e. The van der Waals surface area contributed by atoms with Crippen molar-refractivity contribution in [2.75, 3.05) is 36.0 Å². The fourth-order valence-electron chi connectivity index (χ4n) is 4.21. The van der Waals surface area contributed by atoms with Crippen LogP contribution in [0.5, 0.6) is 0 Å². The van der Waals surface area contributed by atoms with Gasteiger partial charge >= 0.3 is 0 Å². The molecular formula is C18H19N7. The Bertz CT molecular complexity index is 909. The van der Waals surface area contributed by atoms with Crippen LogP contribution in [0.1, 0.15) is 5.56 Å². The summed E-state index contributed by atoms with van der Waals surface area (Å²) in [5, 5.41) is 1.08. The molecular weight excluding hydrogens is 314 g/mol. The fraction of sp³-hybridized carbons (Fsp3) is 0.389. The van der Waals surface area contributed by atoms with E-state index >= 15 is 0 Å². The summed E-state index contributed by atoms with van der Waals surface area (Å²) >= 11 is 0. The summed E-state index contributed by atoms with van der Waals surface area (Å²) < 4.78 is 0. The highest BCUT2D eigenvalue weighted by atomic mass is 15.3. The minimum atomic E-state index is 0.640. The van der Waals surface area contributed by atoms with Crippen LogP contribution in [0, 0.1) is 18.8 Å². The van der Waals surface area contributed by atoms with Gasteiger partial charge in [0.1, 0.15) is 24.3 Å². The molecule has 126 valence electrons. The maximum atomic E-state index is 4.56. The number of nitrogens with zero attached hydrogens (tertiary/aromatic N) is 7. The molecule has 2 aliphatic rings. The van der Waals surface area contributed by atoms with Crippen LogP contribution in [0.15, 0.2) is 37.3 Å². The first-order valence-corrected chi connectivity index (χ1v) is 8.61. The lowest BCUT2D eigenvalue weighted by atomic mass is 10.0. The number of anilines is 2. The molecule has 3 aromatic heterocycles. The molecule has 2 aliphatic heterocycles. The average Bonchev–Trinajstić information content (AvgIpc) is 3.20. The van der Waals surface area contributed by atoms with Crippen molar-refractivity contribution in [3.63, 3.8) is 0 Å². The number of fused-ring (bicyclic) bond motifs is 2. The number of rotatable bonds is 2. The topological polar surface area (TPSA) is 70.9 Å². The first-order valence-electron chi connectivity index (χ1n) is 8.61. The van der Waals surface area contributed by atoms with Crippen LogP contribution in [0.4, 0.5) is 11.6 Å². The number of hydrogen-bond donors (Lipinski definition) is 0. The third kappa shape index (κ3) is 2.38. The van der Waals surface area contributed by atoms with E-state index in [9.17, 15) is 0 Å². The zero-order valence-electron chi connectivity index (χ0n) is 14.1. The molecule has 0 radical (unpaired) electrons. The Balaban J connectivity index is 1.38. The van der Waals surface area contributed by atoms with Gasteiger partial charge in [-0.25, -0.2) is 19.9 Å². The van der Waals surface area contributed by atoms with E-state index in [0.29, 0.717) is 11.8 Å². The number of pyridine rings is 1. The van der Waals surface area contributed by atoms with Crippen LogP contribution >= 0.6 is 0 Å². The minimum Gasteiger partial charge on any atom is -0.356 e. The molecule has 0 bridgehead atoms. The van der Waals surface area contributed by atoms with Gasteiger partial charge in [0, 0.05) is 61.4 Å². The van der Waals surface area contributed by atoms with E-state index in [1.165, 1.54) is 0 Å². The zero-order chi connectivity index (χ0) is 16.8. The number of hydrogen-bond acceptors (Lipinski definition) is 7. The lowest BCUT2D eigenvalue weighted by Crippen LogP contribution is -2.30. The fourth-order valence-corrected chi connectivity index (χ4v) is 4.21. The van der Waals surface area contributed by atoms with Crippen LogP contribution < -0.4 is 9.80 Å². The quantitative estimate of drug-likeness (QED) is 0.707. The van der Waals surface area contributed by atoms with E-state index in [4.69, 9.17) is 0 Å². The van der Waals surface area contributed by atoms with Crippen molar-refractivity contribution in [1.82, 2.24) is 24.9 Å². The molecule has 0 amide bonds. The van der Waals surface area contributed by atoms with Crippen LogP contribution in [0.2, 0.25) is 0 Å². The molecule has 2 fully saturated rings. The Morgan fingerprint density at radius 1 is 0.840 bits per heavy atom. The normalized spacial score (nSPS) is 22.6. The summed E-state index contributed by atoms with van der Waals surface area (Å²) in [6.07, 6.45) is 8.79. The highest BCUT2D eigenvalue weighted by molar-refractivity contribution is 5.88. The van der Waals surface area contributed by atoms with Gasteiger partial charge in [0.25, 0.3) is 0 Å². The van der Waals surface area contributed by atoms with E-state index in [-0.39, 0.29) is 0 Å². The Hall–Kier alpha value is -2.83. The van der Waals surface area contributed by atoms with Gasteiger partial charge in [0.15, 0.2) is 0 Å². The largest absolute Gasteiger partial charge is 0.356 e. The summed E-state index contributed by atoms with van der Waals surface area (Å²) in [5.74, 6) is 3.39. The van der Waals surface area contributed by atoms with Gasteiger partial charge in [-0.15, -0.1) is 0 Å². The van der Waals surface area contributed by atoms with Gasteiger partial charge in [-0.2, -0.15) is 0 Å². The summed E-state index contributed by atoms with van der Waals surface area (Å²) in [6, 6.07) is 2.01. The molecule has 5 rings (SSSR count). The zero-order valence-corrected chi connectivity index (χ0v) is 14.1. The highest BCUT2D eigenvalue weighted by Crippen LogP contribution is 2.37. The maximum Gasteiger partial charge on any atom is 0.140 e. The van der Waals surface area contributed by atoms with Crippen molar-refractivity contribution in [3.8, 4) is 0 Å². The lowest BCUT2D eigenvalue weighted by molar-refractivity contribution is 0.533. The standard InChI is InChI=1S/C18H19N7/c1-12-4-20-10-22-17(12)24-6-13-8-25(9-14(13)7-24)18-15-2-3-19-5-16(15)21-11-23-18/h2-5,10-11,13-14H,6-9H2,1H3. The molecule has 7 nitrogen and oxygen atoms in total. The molecule has 0 N–H and O–H groups in total. The van der Waals surface area contributed by atoms with Gasteiger partial charge in [-0.05, 0) is 13.0 Å². The second kappa shape index (κ2) is 5.61. The van der Waals surface area contributed by atoms with Crippen LogP contribution in [0.3, 0.4) is 0 Å². The van der Waals surface area contributed by atoms with Crippen LogP contribution in [-0.4, -0.2) is 51.1 Å². The monoisotopic (exact) mass is 333 g/mol. The Morgan fingerprint density at radius 3 is 2.32 bits per heavy atom. The summed E-state index contributed by atoms with van der Waals surface area (Å²) in [6.45, 7) is 6.23. The predicted molar refractivity (Wildman–Crippen MR) is 95.5 cm³/mol. The first kappa shape index (κ1) is 14.5. The maximum absolute atomic E-state index is 4.56. The molecule has 2 atom stereocenters. The average molecular weight is 333 g/mol. The molecule has 3 aromatic rings. The Morgan fingerprint density at radius 2 is 1.56 bits per heavy atom. The van der Waals surface area contributed by atoms with Crippen molar-refractivity contribution in [1.29, 1.82) is 0 Å². The van der Waals surface area contributed by atoms with Crippen molar-refractivity contribution >= 4 is 22.5 Å². The van der Waals surface area contributed by atoms with Gasteiger partial charge in [-0.1, -0.05) is 0 Å². The molecule has 5 heterocycles.